The second-order valence-electron chi connectivity index (χ2n) is 6.70. The number of aromatic amines is 1. The zero-order chi connectivity index (χ0) is 18.8. The Morgan fingerprint density at radius 3 is 2.78 bits per heavy atom. The number of hydrogen-bond acceptors (Lipinski definition) is 3. The minimum Gasteiger partial charge on any atom is -0.361 e. The van der Waals surface area contributed by atoms with E-state index < -0.39 is 0 Å². The third-order valence-corrected chi connectivity index (χ3v) is 4.74. The minimum absolute atomic E-state index is 0.163. The normalized spacial score (nSPS) is 11.0. The molecule has 0 radical (unpaired) electrons. The van der Waals surface area contributed by atoms with Crippen molar-refractivity contribution in [3.63, 3.8) is 0 Å². The number of carbonyl (C=O) groups excluding carboxylic acids is 1. The van der Waals surface area contributed by atoms with Crippen LogP contribution in [0.25, 0.3) is 22.2 Å². The molecule has 0 aliphatic carbocycles. The first kappa shape index (κ1) is 17.1. The summed E-state index contributed by atoms with van der Waals surface area (Å²) in [4.78, 5) is 16.0. The molecule has 0 fully saturated rings. The Balaban J connectivity index is 1.49. The molecule has 0 aliphatic rings. The summed E-state index contributed by atoms with van der Waals surface area (Å²) in [5.41, 5.74) is 5.47. The van der Waals surface area contributed by atoms with Gasteiger partial charge in [0.25, 0.3) is 5.91 Å². The maximum absolute atomic E-state index is 12.7. The highest BCUT2D eigenvalue weighted by atomic mass is 16.5. The van der Waals surface area contributed by atoms with Crippen LogP contribution in [0, 0.1) is 13.8 Å². The van der Waals surface area contributed by atoms with Crippen molar-refractivity contribution >= 4 is 16.8 Å². The number of hydrogen-bond donors (Lipinski definition) is 2. The lowest BCUT2D eigenvalue weighted by atomic mass is 10.1. The number of aromatic nitrogens is 2. The van der Waals surface area contributed by atoms with Crippen LogP contribution in [0.3, 0.4) is 0 Å². The Labute approximate surface area is 157 Å². The highest BCUT2D eigenvalue weighted by Crippen LogP contribution is 2.25. The standard InChI is InChI=1S/C22H21N3O2/c1-14-8-9-19-18(12-14)17(13-24-19)10-11-23-22(26)20-15(2)27-25-21(20)16-6-4-3-5-7-16/h3-9,12-13,24H,10-11H2,1-2H3,(H,23,26). The summed E-state index contributed by atoms with van der Waals surface area (Å²) in [6.07, 6.45) is 2.76. The van der Waals surface area contributed by atoms with Crippen molar-refractivity contribution in [3.8, 4) is 11.3 Å². The summed E-state index contributed by atoms with van der Waals surface area (Å²) in [7, 11) is 0. The molecule has 2 aromatic heterocycles. The Bertz CT molecular complexity index is 1090. The van der Waals surface area contributed by atoms with Crippen LogP contribution in [0.4, 0.5) is 0 Å². The summed E-state index contributed by atoms with van der Waals surface area (Å²) >= 11 is 0. The summed E-state index contributed by atoms with van der Waals surface area (Å²) < 4.78 is 5.28. The van der Waals surface area contributed by atoms with Gasteiger partial charge in [0.15, 0.2) is 0 Å². The van der Waals surface area contributed by atoms with Gasteiger partial charge in [-0.15, -0.1) is 0 Å². The number of rotatable bonds is 5. The van der Waals surface area contributed by atoms with Crippen LogP contribution >= 0.6 is 0 Å². The zero-order valence-corrected chi connectivity index (χ0v) is 15.4. The minimum atomic E-state index is -0.163. The molecule has 0 unspecified atom stereocenters. The maximum atomic E-state index is 12.7. The number of fused-ring (bicyclic) bond motifs is 1. The average Bonchev–Trinajstić information content (AvgIpc) is 3.26. The number of amides is 1. The van der Waals surface area contributed by atoms with Crippen molar-refractivity contribution in [3.05, 3.63) is 77.2 Å². The van der Waals surface area contributed by atoms with E-state index >= 15 is 0 Å². The Morgan fingerprint density at radius 2 is 1.96 bits per heavy atom. The van der Waals surface area contributed by atoms with Gasteiger partial charge in [-0.2, -0.15) is 0 Å². The van der Waals surface area contributed by atoms with Gasteiger partial charge >= 0.3 is 0 Å². The maximum Gasteiger partial charge on any atom is 0.257 e. The molecule has 5 nitrogen and oxygen atoms in total. The van der Waals surface area contributed by atoms with E-state index in [0.717, 1.165) is 17.5 Å². The number of benzene rings is 2. The molecule has 0 atom stereocenters. The number of nitrogens with one attached hydrogen (secondary N) is 2. The molecule has 2 heterocycles. The molecular weight excluding hydrogens is 338 g/mol. The van der Waals surface area contributed by atoms with E-state index in [1.807, 2.05) is 36.5 Å². The first-order valence-electron chi connectivity index (χ1n) is 9.00. The van der Waals surface area contributed by atoms with E-state index in [1.165, 1.54) is 16.5 Å². The topological polar surface area (TPSA) is 70.9 Å². The van der Waals surface area contributed by atoms with Gasteiger partial charge in [-0.05, 0) is 38.0 Å². The van der Waals surface area contributed by atoms with E-state index in [-0.39, 0.29) is 5.91 Å². The largest absolute Gasteiger partial charge is 0.361 e. The molecule has 0 aliphatic heterocycles. The molecule has 27 heavy (non-hydrogen) atoms. The second kappa shape index (κ2) is 7.11. The van der Waals surface area contributed by atoms with Crippen molar-refractivity contribution < 1.29 is 9.32 Å². The number of carbonyl (C=O) groups is 1. The fourth-order valence-corrected chi connectivity index (χ4v) is 3.33. The molecule has 4 aromatic rings. The first-order chi connectivity index (χ1) is 13.1. The molecule has 0 saturated carbocycles. The van der Waals surface area contributed by atoms with Crippen molar-refractivity contribution in [2.45, 2.75) is 20.3 Å². The van der Waals surface area contributed by atoms with Crippen LogP contribution in [0.1, 0.15) is 27.2 Å². The Kier molecular flexibility index (Phi) is 4.50. The van der Waals surface area contributed by atoms with Gasteiger partial charge in [0.05, 0.1) is 0 Å². The monoisotopic (exact) mass is 359 g/mol. The summed E-state index contributed by atoms with van der Waals surface area (Å²) in [5, 5.41) is 8.28. The molecule has 0 spiro atoms. The second-order valence-corrected chi connectivity index (χ2v) is 6.70. The van der Waals surface area contributed by atoms with Gasteiger partial charge in [0.1, 0.15) is 17.0 Å². The average molecular weight is 359 g/mol. The van der Waals surface area contributed by atoms with Gasteiger partial charge in [0, 0.05) is 29.2 Å². The summed E-state index contributed by atoms with van der Waals surface area (Å²) in [5.74, 6) is 0.359. The lowest BCUT2D eigenvalue weighted by Crippen LogP contribution is -2.26. The van der Waals surface area contributed by atoms with Gasteiger partial charge < -0.3 is 14.8 Å². The van der Waals surface area contributed by atoms with E-state index in [1.54, 1.807) is 6.92 Å². The van der Waals surface area contributed by atoms with Crippen molar-refractivity contribution in [2.24, 2.45) is 0 Å². The highest BCUT2D eigenvalue weighted by Gasteiger charge is 2.21. The Hall–Kier alpha value is -3.34. The van der Waals surface area contributed by atoms with E-state index in [2.05, 4.69) is 40.6 Å². The molecule has 2 aromatic carbocycles. The van der Waals surface area contributed by atoms with Crippen LogP contribution in [0.5, 0.6) is 0 Å². The molecule has 2 N–H and O–H groups in total. The van der Waals surface area contributed by atoms with Crippen LogP contribution in [-0.4, -0.2) is 22.6 Å². The number of aryl methyl sites for hydroxylation is 2. The molecule has 0 bridgehead atoms. The SMILES string of the molecule is Cc1ccc2[nH]cc(CCNC(=O)c3c(-c4ccccc4)noc3C)c2c1. The summed E-state index contributed by atoms with van der Waals surface area (Å²) in [6, 6.07) is 15.9. The van der Waals surface area contributed by atoms with E-state index in [9.17, 15) is 4.79 Å². The fourth-order valence-electron chi connectivity index (χ4n) is 3.33. The molecule has 0 saturated heterocycles. The van der Waals surface area contributed by atoms with Crippen molar-refractivity contribution in [1.29, 1.82) is 0 Å². The van der Waals surface area contributed by atoms with Crippen molar-refractivity contribution in [1.82, 2.24) is 15.5 Å². The third-order valence-electron chi connectivity index (χ3n) is 4.74. The highest BCUT2D eigenvalue weighted by molar-refractivity contribution is 6.00. The zero-order valence-electron chi connectivity index (χ0n) is 15.4. The predicted molar refractivity (Wildman–Crippen MR) is 106 cm³/mol. The van der Waals surface area contributed by atoms with E-state index in [4.69, 9.17) is 4.52 Å². The lowest BCUT2D eigenvalue weighted by molar-refractivity contribution is 0.0953. The molecule has 4 rings (SSSR count). The summed E-state index contributed by atoms with van der Waals surface area (Å²) in [6.45, 7) is 4.38. The first-order valence-corrected chi connectivity index (χ1v) is 9.00. The third kappa shape index (κ3) is 3.36. The number of H-pyrrole nitrogens is 1. The van der Waals surface area contributed by atoms with Gasteiger partial charge in [-0.3, -0.25) is 4.79 Å². The number of nitrogens with zero attached hydrogens (tertiary/aromatic N) is 1. The quantitative estimate of drug-likeness (QED) is 0.554. The fraction of sp³-hybridized carbons (Fsp3) is 0.182. The van der Waals surface area contributed by atoms with Gasteiger partial charge in [-0.1, -0.05) is 47.1 Å². The Morgan fingerprint density at radius 1 is 1.15 bits per heavy atom. The van der Waals surface area contributed by atoms with Crippen molar-refractivity contribution in [2.75, 3.05) is 6.54 Å². The van der Waals surface area contributed by atoms with E-state index in [0.29, 0.717) is 23.6 Å². The molecule has 5 heteroatoms. The van der Waals surface area contributed by atoms with Gasteiger partial charge in [-0.25, -0.2) is 0 Å². The van der Waals surface area contributed by atoms with Crippen LogP contribution in [0.2, 0.25) is 0 Å². The smallest absolute Gasteiger partial charge is 0.257 e. The van der Waals surface area contributed by atoms with Gasteiger partial charge in [0.2, 0.25) is 0 Å². The molecular formula is C22H21N3O2. The molecule has 136 valence electrons. The van der Waals surface area contributed by atoms with Crippen LogP contribution in [-0.2, 0) is 6.42 Å². The lowest BCUT2D eigenvalue weighted by Gasteiger charge is -2.06. The van der Waals surface area contributed by atoms with Crippen LogP contribution in [0.15, 0.2) is 59.3 Å². The van der Waals surface area contributed by atoms with Crippen LogP contribution < -0.4 is 5.32 Å². The molecule has 1 amide bonds. The predicted octanol–water partition coefficient (Wildman–Crippen LogP) is 4.41.